The van der Waals surface area contributed by atoms with Crippen LogP contribution in [0.1, 0.15) is 31.2 Å². The summed E-state index contributed by atoms with van der Waals surface area (Å²) in [5, 5.41) is 0.619. The number of benzene rings is 1. The molecule has 1 aliphatic carbocycles. The zero-order valence-corrected chi connectivity index (χ0v) is 12.4. The first-order valence-corrected chi connectivity index (χ1v) is 7.66. The van der Waals surface area contributed by atoms with Crippen LogP contribution in [0.4, 0.5) is 0 Å². The molecular weight excluding hydrogens is 292 g/mol. The minimum absolute atomic E-state index is 0.0368. The van der Waals surface area contributed by atoms with Crippen molar-refractivity contribution in [2.45, 2.75) is 38.2 Å². The molecule has 112 valence electrons. The highest BCUT2D eigenvalue weighted by molar-refractivity contribution is 6.30. The molecular formula is C16H17ClO4. The number of esters is 1. The third-order valence-corrected chi connectivity index (χ3v) is 4.25. The molecule has 2 aliphatic rings. The first kappa shape index (κ1) is 14.4. The molecule has 1 aromatic rings. The maximum absolute atomic E-state index is 12.2. The van der Waals surface area contributed by atoms with Crippen molar-refractivity contribution in [1.82, 2.24) is 0 Å². The number of hydrogen-bond donors (Lipinski definition) is 0. The molecule has 21 heavy (non-hydrogen) atoms. The summed E-state index contributed by atoms with van der Waals surface area (Å²) in [6.45, 7) is 0.286. The van der Waals surface area contributed by atoms with Crippen LogP contribution in [0, 0.1) is 5.92 Å². The zero-order valence-electron chi connectivity index (χ0n) is 11.6. The summed E-state index contributed by atoms with van der Waals surface area (Å²) < 4.78 is 11.0. The monoisotopic (exact) mass is 308 g/mol. The van der Waals surface area contributed by atoms with Crippen LogP contribution >= 0.6 is 11.6 Å². The number of fused-ring (bicyclic) bond motifs is 1. The Bertz CT molecular complexity index is 569. The summed E-state index contributed by atoms with van der Waals surface area (Å²) in [5.74, 6) is 0.0820. The predicted octanol–water partition coefficient (Wildman–Crippen LogP) is 2.95. The van der Waals surface area contributed by atoms with Gasteiger partial charge >= 0.3 is 5.97 Å². The summed E-state index contributed by atoms with van der Waals surface area (Å²) in [4.78, 5) is 23.9. The van der Waals surface area contributed by atoms with Crippen molar-refractivity contribution in [3.05, 3.63) is 28.8 Å². The van der Waals surface area contributed by atoms with Gasteiger partial charge in [-0.3, -0.25) is 9.59 Å². The van der Waals surface area contributed by atoms with Crippen LogP contribution in [-0.2, 0) is 20.7 Å². The molecule has 1 aliphatic heterocycles. The van der Waals surface area contributed by atoms with Crippen LogP contribution in [0.3, 0.4) is 0 Å². The quantitative estimate of drug-likeness (QED) is 0.788. The van der Waals surface area contributed by atoms with Crippen LogP contribution in [0.15, 0.2) is 18.2 Å². The van der Waals surface area contributed by atoms with Gasteiger partial charge in [0, 0.05) is 11.4 Å². The predicted molar refractivity (Wildman–Crippen MR) is 77.5 cm³/mol. The molecule has 0 aromatic heterocycles. The Balaban J connectivity index is 1.65. The van der Waals surface area contributed by atoms with E-state index in [1.54, 1.807) is 6.07 Å². The molecule has 5 heteroatoms. The molecule has 0 amide bonds. The second-order valence-corrected chi connectivity index (χ2v) is 6.04. The molecule has 1 heterocycles. The third kappa shape index (κ3) is 3.21. The van der Waals surface area contributed by atoms with E-state index in [-0.39, 0.29) is 24.3 Å². The number of carbonyl (C=O) groups excluding carboxylic acids is 2. The van der Waals surface area contributed by atoms with Gasteiger partial charge in [-0.05, 0) is 49.4 Å². The summed E-state index contributed by atoms with van der Waals surface area (Å²) in [5.41, 5.74) is 0.908. The summed E-state index contributed by atoms with van der Waals surface area (Å²) >= 11 is 5.96. The minimum Gasteiger partial charge on any atom is -0.492 e. The Kier molecular flexibility index (Phi) is 4.15. The molecule has 0 spiro atoms. The summed E-state index contributed by atoms with van der Waals surface area (Å²) in [6, 6.07) is 5.38. The van der Waals surface area contributed by atoms with E-state index < -0.39 is 6.10 Å². The molecule has 0 unspecified atom stereocenters. The van der Waals surface area contributed by atoms with E-state index in [9.17, 15) is 9.59 Å². The van der Waals surface area contributed by atoms with Crippen molar-refractivity contribution in [2.75, 3.05) is 6.61 Å². The number of carbonyl (C=O) groups is 2. The lowest BCUT2D eigenvalue weighted by molar-refractivity contribution is -0.161. The van der Waals surface area contributed by atoms with Crippen LogP contribution in [0.25, 0.3) is 0 Å². The fourth-order valence-electron chi connectivity index (χ4n) is 2.83. The van der Waals surface area contributed by atoms with Gasteiger partial charge in [0.2, 0.25) is 0 Å². The van der Waals surface area contributed by atoms with E-state index in [0.29, 0.717) is 24.3 Å². The van der Waals surface area contributed by atoms with Crippen LogP contribution < -0.4 is 4.74 Å². The van der Waals surface area contributed by atoms with Crippen molar-refractivity contribution < 1.29 is 19.1 Å². The highest BCUT2D eigenvalue weighted by atomic mass is 35.5. The summed E-state index contributed by atoms with van der Waals surface area (Å²) in [6.07, 6.45) is 2.95. The van der Waals surface area contributed by atoms with Gasteiger partial charge in [-0.2, -0.15) is 0 Å². The lowest BCUT2D eigenvalue weighted by atomic mass is 9.95. The molecule has 4 nitrogen and oxygen atoms in total. The van der Waals surface area contributed by atoms with Gasteiger partial charge < -0.3 is 9.47 Å². The van der Waals surface area contributed by atoms with Crippen molar-refractivity contribution in [3.63, 3.8) is 0 Å². The van der Waals surface area contributed by atoms with E-state index in [4.69, 9.17) is 21.1 Å². The normalized spacial score (nSPS) is 24.9. The van der Waals surface area contributed by atoms with Gasteiger partial charge in [0.25, 0.3) is 0 Å². The van der Waals surface area contributed by atoms with Crippen LogP contribution in [-0.4, -0.2) is 24.5 Å². The first-order valence-electron chi connectivity index (χ1n) is 7.28. The third-order valence-electron chi connectivity index (χ3n) is 4.02. The van der Waals surface area contributed by atoms with Gasteiger partial charge in [-0.15, -0.1) is 0 Å². The SMILES string of the molecule is O=C(O[C@H]1CCCCC1=O)[C@H]1COc2ccc(Cl)cc2C1. The van der Waals surface area contributed by atoms with Gasteiger partial charge in [-0.25, -0.2) is 0 Å². The van der Waals surface area contributed by atoms with Gasteiger partial charge in [0.1, 0.15) is 12.4 Å². The number of Topliss-reactive ketones (excluding diaryl/α,β-unsaturated/α-hetero) is 1. The molecule has 0 radical (unpaired) electrons. The molecule has 1 aromatic carbocycles. The smallest absolute Gasteiger partial charge is 0.313 e. The van der Waals surface area contributed by atoms with Crippen molar-refractivity contribution >= 4 is 23.4 Å². The van der Waals surface area contributed by atoms with Crippen molar-refractivity contribution in [2.24, 2.45) is 5.92 Å². The number of hydrogen-bond acceptors (Lipinski definition) is 4. The van der Waals surface area contributed by atoms with Gasteiger partial charge in [-0.1, -0.05) is 11.6 Å². The fourth-order valence-corrected chi connectivity index (χ4v) is 3.02. The van der Waals surface area contributed by atoms with E-state index in [0.717, 1.165) is 24.2 Å². The molecule has 1 fully saturated rings. The maximum atomic E-state index is 12.2. The van der Waals surface area contributed by atoms with E-state index in [1.165, 1.54) is 0 Å². The second kappa shape index (κ2) is 6.06. The highest BCUT2D eigenvalue weighted by Gasteiger charge is 2.32. The Morgan fingerprint density at radius 3 is 3.00 bits per heavy atom. The van der Waals surface area contributed by atoms with Crippen molar-refractivity contribution in [1.29, 1.82) is 0 Å². The topological polar surface area (TPSA) is 52.6 Å². The average molecular weight is 309 g/mol. The van der Waals surface area contributed by atoms with E-state index >= 15 is 0 Å². The Hall–Kier alpha value is -1.55. The molecule has 3 rings (SSSR count). The number of ketones is 1. The standard InChI is InChI=1S/C16H17ClO4/c17-12-5-6-14-10(8-12)7-11(9-20-14)16(19)21-15-4-2-1-3-13(15)18/h5-6,8,11,15H,1-4,7,9H2/t11-,15+/m1/s1. The minimum atomic E-state index is -0.563. The van der Waals surface area contributed by atoms with Crippen molar-refractivity contribution in [3.8, 4) is 5.75 Å². The first-order chi connectivity index (χ1) is 10.1. The maximum Gasteiger partial charge on any atom is 0.313 e. The highest BCUT2D eigenvalue weighted by Crippen LogP contribution is 2.30. The summed E-state index contributed by atoms with van der Waals surface area (Å²) in [7, 11) is 0. The Morgan fingerprint density at radius 2 is 2.19 bits per heavy atom. The number of rotatable bonds is 2. The zero-order chi connectivity index (χ0) is 14.8. The average Bonchev–Trinajstić information content (AvgIpc) is 2.48. The second-order valence-electron chi connectivity index (χ2n) is 5.60. The molecule has 2 atom stereocenters. The van der Waals surface area contributed by atoms with Gasteiger partial charge in [0.05, 0.1) is 5.92 Å². The lowest BCUT2D eigenvalue weighted by Crippen LogP contribution is -2.36. The van der Waals surface area contributed by atoms with Crippen LogP contribution in [0.2, 0.25) is 5.02 Å². The van der Waals surface area contributed by atoms with E-state index in [1.807, 2.05) is 12.1 Å². The van der Waals surface area contributed by atoms with Gasteiger partial charge in [0.15, 0.2) is 11.9 Å². The molecule has 0 saturated heterocycles. The molecule has 0 bridgehead atoms. The molecule has 1 saturated carbocycles. The van der Waals surface area contributed by atoms with Crippen LogP contribution in [0.5, 0.6) is 5.75 Å². The molecule has 0 N–H and O–H groups in total. The lowest BCUT2D eigenvalue weighted by Gasteiger charge is -2.27. The number of ether oxygens (including phenoxy) is 2. The van der Waals surface area contributed by atoms with E-state index in [2.05, 4.69) is 0 Å². The largest absolute Gasteiger partial charge is 0.492 e. The Morgan fingerprint density at radius 1 is 1.33 bits per heavy atom. The number of halogens is 1. The Labute approximate surface area is 128 Å². The fraction of sp³-hybridized carbons (Fsp3) is 0.500.